The number of benzene rings is 1. The molecule has 0 aliphatic carbocycles. The van der Waals surface area contributed by atoms with Gasteiger partial charge in [-0.25, -0.2) is 9.78 Å². The van der Waals surface area contributed by atoms with Gasteiger partial charge in [0.05, 0.1) is 23.3 Å². The molecular weight excluding hydrogens is 322 g/mol. The Morgan fingerprint density at radius 3 is 2.85 bits per heavy atom. The SMILES string of the molecule is CNCc1nc(Br)c(-c2ccc3[nH]c(=O)[nH]c3c2)n1C. The van der Waals surface area contributed by atoms with Gasteiger partial charge in [0.1, 0.15) is 10.4 Å². The highest BCUT2D eigenvalue weighted by atomic mass is 79.9. The van der Waals surface area contributed by atoms with Crippen LogP contribution in [0, 0.1) is 0 Å². The molecular formula is C13H14BrN5O. The first-order valence-electron chi connectivity index (χ1n) is 6.18. The van der Waals surface area contributed by atoms with E-state index in [2.05, 4.69) is 36.2 Å². The van der Waals surface area contributed by atoms with E-state index in [0.29, 0.717) is 6.54 Å². The van der Waals surface area contributed by atoms with Crippen molar-refractivity contribution in [1.82, 2.24) is 24.8 Å². The highest BCUT2D eigenvalue weighted by Crippen LogP contribution is 2.29. The number of nitrogens with zero attached hydrogens (tertiary/aromatic N) is 2. The third-order valence-corrected chi connectivity index (χ3v) is 3.82. The fraction of sp³-hybridized carbons (Fsp3) is 0.231. The minimum atomic E-state index is -0.197. The average Bonchev–Trinajstić information content (AvgIpc) is 2.89. The lowest BCUT2D eigenvalue weighted by Gasteiger charge is -2.06. The molecule has 104 valence electrons. The van der Waals surface area contributed by atoms with E-state index in [0.717, 1.165) is 32.7 Å². The van der Waals surface area contributed by atoms with Gasteiger partial charge in [-0.2, -0.15) is 0 Å². The van der Waals surface area contributed by atoms with Crippen LogP contribution in [0.1, 0.15) is 5.82 Å². The first-order chi connectivity index (χ1) is 9.60. The second kappa shape index (κ2) is 4.92. The molecule has 6 nitrogen and oxygen atoms in total. The maximum atomic E-state index is 11.3. The molecule has 2 heterocycles. The number of halogens is 1. The molecule has 3 aromatic rings. The number of H-pyrrole nitrogens is 2. The largest absolute Gasteiger partial charge is 0.329 e. The number of nitrogens with one attached hydrogen (secondary N) is 3. The van der Waals surface area contributed by atoms with E-state index < -0.39 is 0 Å². The number of fused-ring (bicyclic) bond motifs is 1. The van der Waals surface area contributed by atoms with E-state index in [9.17, 15) is 4.79 Å². The van der Waals surface area contributed by atoms with Crippen LogP contribution in [-0.4, -0.2) is 26.6 Å². The summed E-state index contributed by atoms with van der Waals surface area (Å²) in [6.45, 7) is 0.693. The summed E-state index contributed by atoms with van der Waals surface area (Å²) in [6, 6.07) is 5.80. The van der Waals surface area contributed by atoms with E-state index in [4.69, 9.17) is 0 Å². The van der Waals surface area contributed by atoms with Crippen LogP contribution in [0.5, 0.6) is 0 Å². The first kappa shape index (κ1) is 13.1. The molecule has 0 amide bonds. The zero-order valence-electron chi connectivity index (χ0n) is 11.1. The van der Waals surface area contributed by atoms with Crippen molar-refractivity contribution in [2.75, 3.05) is 7.05 Å². The maximum Gasteiger partial charge on any atom is 0.323 e. The second-order valence-corrected chi connectivity index (χ2v) is 5.35. The Morgan fingerprint density at radius 1 is 1.35 bits per heavy atom. The summed E-state index contributed by atoms with van der Waals surface area (Å²) in [7, 11) is 3.86. The molecule has 3 rings (SSSR count). The number of aromatic amines is 2. The molecule has 0 aliphatic rings. The van der Waals surface area contributed by atoms with Crippen molar-refractivity contribution < 1.29 is 0 Å². The van der Waals surface area contributed by atoms with Crippen LogP contribution in [0.4, 0.5) is 0 Å². The summed E-state index contributed by atoms with van der Waals surface area (Å²) >= 11 is 3.50. The highest BCUT2D eigenvalue weighted by molar-refractivity contribution is 9.10. The third kappa shape index (κ3) is 2.08. The zero-order chi connectivity index (χ0) is 14.3. The normalized spacial score (nSPS) is 11.3. The summed E-state index contributed by atoms with van der Waals surface area (Å²) < 4.78 is 2.83. The summed E-state index contributed by atoms with van der Waals surface area (Å²) in [4.78, 5) is 21.3. The average molecular weight is 336 g/mol. The minimum absolute atomic E-state index is 0.197. The number of aromatic nitrogens is 4. The fourth-order valence-electron chi connectivity index (χ4n) is 2.32. The monoisotopic (exact) mass is 335 g/mol. The molecule has 0 spiro atoms. The molecule has 2 aromatic heterocycles. The van der Waals surface area contributed by atoms with E-state index in [1.807, 2.05) is 36.9 Å². The van der Waals surface area contributed by atoms with Gasteiger partial charge in [0.25, 0.3) is 0 Å². The maximum absolute atomic E-state index is 11.3. The molecule has 20 heavy (non-hydrogen) atoms. The van der Waals surface area contributed by atoms with Crippen molar-refractivity contribution in [3.8, 4) is 11.3 Å². The van der Waals surface area contributed by atoms with E-state index in [1.165, 1.54) is 0 Å². The summed E-state index contributed by atoms with van der Waals surface area (Å²) in [5.74, 6) is 0.942. The highest BCUT2D eigenvalue weighted by Gasteiger charge is 2.14. The molecule has 0 saturated carbocycles. The summed E-state index contributed by atoms with van der Waals surface area (Å²) in [5, 5.41) is 3.09. The van der Waals surface area contributed by atoms with Crippen molar-refractivity contribution in [3.63, 3.8) is 0 Å². The zero-order valence-corrected chi connectivity index (χ0v) is 12.7. The van der Waals surface area contributed by atoms with E-state index in [-0.39, 0.29) is 5.69 Å². The Kier molecular flexibility index (Phi) is 3.23. The van der Waals surface area contributed by atoms with Gasteiger partial charge in [0.2, 0.25) is 0 Å². The Hall–Kier alpha value is -1.86. The van der Waals surface area contributed by atoms with Crippen molar-refractivity contribution in [3.05, 3.63) is 39.1 Å². The smallest absolute Gasteiger partial charge is 0.323 e. The van der Waals surface area contributed by atoms with Crippen LogP contribution >= 0.6 is 15.9 Å². The second-order valence-electron chi connectivity index (χ2n) is 4.60. The van der Waals surface area contributed by atoms with Crippen molar-refractivity contribution >= 4 is 27.0 Å². The predicted octanol–water partition coefficient (Wildman–Crippen LogP) is 1.74. The van der Waals surface area contributed by atoms with Gasteiger partial charge in [-0.1, -0.05) is 6.07 Å². The Labute approximate surface area is 123 Å². The van der Waals surface area contributed by atoms with Crippen molar-refractivity contribution in [2.24, 2.45) is 7.05 Å². The molecule has 0 unspecified atom stereocenters. The quantitative estimate of drug-likeness (QED) is 0.682. The molecule has 7 heteroatoms. The van der Waals surface area contributed by atoms with Gasteiger partial charge >= 0.3 is 5.69 Å². The number of rotatable bonds is 3. The van der Waals surface area contributed by atoms with Crippen LogP contribution in [0.2, 0.25) is 0 Å². The molecule has 0 atom stereocenters. The molecule has 3 N–H and O–H groups in total. The Bertz CT molecular complexity index is 829. The third-order valence-electron chi connectivity index (χ3n) is 3.27. The minimum Gasteiger partial charge on any atom is -0.329 e. The van der Waals surface area contributed by atoms with E-state index >= 15 is 0 Å². The van der Waals surface area contributed by atoms with Gasteiger partial charge in [0.15, 0.2) is 0 Å². The molecule has 0 fully saturated rings. The van der Waals surface area contributed by atoms with Gasteiger partial charge < -0.3 is 19.9 Å². The van der Waals surface area contributed by atoms with Gasteiger partial charge in [0, 0.05) is 12.6 Å². The van der Waals surface area contributed by atoms with Gasteiger partial charge in [-0.3, -0.25) is 0 Å². The molecule has 1 aromatic carbocycles. The van der Waals surface area contributed by atoms with Crippen LogP contribution in [0.15, 0.2) is 27.6 Å². The molecule has 0 aliphatic heterocycles. The summed E-state index contributed by atoms with van der Waals surface area (Å²) in [6.07, 6.45) is 0. The standard InChI is InChI=1S/C13H14BrN5O/c1-15-6-10-18-12(14)11(19(10)2)7-3-4-8-9(5-7)17-13(20)16-8/h3-5,15H,6H2,1-2H3,(H2,16,17,20). The molecule has 0 radical (unpaired) electrons. The lowest BCUT2D eigenvalue weighted by molar-refractivity contribution is 0.712. The number of hydrogen-bond acceptors (Lipinski definition) is 3. The Balaban J connectivity index is 2.17. The number of imidazole rings is 2. The van der Waals surface area contributed by atoms with Crippen LogP contribution in [0.3, 0.4) is 0 Å². The van der Waals surface area contributed by atoms with Crippen LogP contribution in [0.25, 0.3) is 22.3 Å². The first-order valence-corrected chi connectivity index (χ1v) is 6.97. The lowest BCUT2D eigenvalue weighted by atomic mass is 10.1. The van der Waals surface area contributed by atoms with Gasteiger partial charge in [-0.15, -0.1) is 0 Å². The lowest BCUT2D eigenvalue weighted by Crippen LogP contribution is -2.10. The predicted molar refractivity (Wildman–Crippen MR) is 81.6 cm³/mol. The van der Waals surface area contributed by atoms with Crippen molar-refractivity contribution in [1.29, 1.82) is 0 Å². The number of hydrogen-bond donors (Lipinski definition) is 3. The molecule has 0 bridgehead atoms. The fourth-order valence-corrected chi connectivity index (χ4v) is 3.02. The van der Waals surface area contributed by atoms with Crippen LogP contribution < -0.4 is 11.0 Å². The van der Waals surface area contributed by atoms with Crippen molar-refractivity contribution in [2.45, 2.75) is 6.54 Å². The van der Waals surface area contributed by atoms with Gasteiger partial charge in [-0.05, 0) is 35.1 Å². The van der Waals surface area contributed by atoms with Crippen LogP contribution in [-0.2, 0) is 13.6 Å². The topological polar surface area (TPSA) is 78.5 Å². The molecule has 0 saturated heterocycles. The Morgan fingerprint density at radius 2 is 2.10 bits per heavy atom. The summed E-state index contributed by atoms with van der Waals surface area (Å²) in [5.41, 5.74) is 3.37. The van der Waals surface area contributed by atoms with E-state index in [1.54, 1.807) is 0 Å².